The van der Waals surface area contributed by atoms with Crippen molar-refractivity contribution in [3.05, 3.63) is 125 Å². The SMILES string of the molecule is O=C(c1c(F)ccc(NS(=O)(=O)c2cccc(F)c2)c1F)c1c[nH]c2ncc(-c3cnc(-c4ccc[nH]c4=O)cn3)cc12. The van der Waals surface area contributed by atoms with Crippen LogP contribution >= 0.6 is 0 Å². The lowest BCUT2D eigenvalue weighted by molar-refractivity contribution is 0.103. The molecule has 6 rings (SSSR count). The number of nitrogens with zero attached hydrogens (tertiary/aromatic N) is 3. The molecule has 3 N–H and O–H groups in total. The van der Waals surface area contributed by atoms with Crippen LogP contribution in [0.3, 0.4) is 0 Å². The third kappa shape index (κ3) is 5.15. The molecule has 0 aliphatic heterocycles. The van der Waals surface area contributed by atoms with Gasteiger partial charge in [0.2, 0.25) is 5.78 Å². The molecule has 10 nitrogen and oxygen atoms in total. The van der Waals surface area contributed by atoms with E-state index < -0.39 is 49.4 Å². The molecule has 43 heavy (non-hydrogen) atoms. The maximum Gasteiger partial charge on any atom is 0.262 e. The van der Waals surface area contributed by atoms with E-state index in [1.54, 1.807) is 12.1 Å². The summed E-state index contributed by atoms with van der Waals surface area (Å²) in [6.07, 6.45) is 6.97. The molecule has 214 valence electrons. The molecule has 0 aliphatic carbocycles. The summed E-state index contributed by atoms with van der Waals surface area (Å²) in [5.74, 6) is -4.61. The quantitative estimate of drug-likeness (QED) is 0.222. The molecule has 0 atom stereocenters. The third-order valence-electron chi connectivity index (χ3n) is 6.49. The van der Waals surface area contributed by atoms with Crippen molar-refractivity contribution in [3.63, 3.8) is 0 Å². The van der Waals surface area contributed by atoms with E-state index in [1.165, 1.54) is 37.1 Å². The lowest BCUT2D eigenvalue weighted by atomic mass is 10.0. The number of benzene rings is 2. The third-order valence-corrected chi connectivity index (χ3v) is 7.85. The molecule has 0 unspecified atom stereocenters. The fourth-order valence-electron chi connectivity index (χ4n) is 4.38. The number of fused-ring (bicyclic) bond motifs is 1. The number of aromatic nitrogens is 5. The minimum absolute atomic E-state index is 0.146. The minimum Gasteiger partial charge on any atom is -0.345 e. The predicted molar refractivity (Wildman–Crippen MR) is 150 cm³/mol. The molecule has 0 saturated carbocycles. The van der Waals surface area contributed by atoms with Crippen molar-refractivity contribution in [2.24, 2.45) is 0 Å². The van der Waals surface area contributed by atoms with Crippen molar-refractivity contribution in [3.8, 4) is 22.5 Å². The number of rotatable bonds is 7. The molecular weight excluding hydrogens is 585 g/mol. The summed E-state index contributed by atoms with van der Waals surface area (Å²) in [6.45, 7) is 0. The fourth-order valence-corrected chi connectivity index (χ4v) is 5.47. The molecule has 0 saturated heterocycles. The van der Waals surface area contributed by atoms with Gasteiger partial charge < -0.3 is 9.97 Å². The Morgan fingerprint density at radius 1 is 0.860 bits per heavy atom. The topological polar surface area (TPSA) is 151 Å². The second-order valence-electron chi connectivity index (χ2n) is 9.20. The minimum atomic E-state index is -4.47. The molecule has 0 radical (unpaired) electrons. The van der Waals surface area contributed by atoms with Crippen LogP contribution in [-0.4, -0.2) is 39.1 Å². The van der Waals surface area contributed by atoms with Gasteiger partial charge in [-0.2, -0.15) is 0 Å². The number of H-pyrrole nitrogens is 2. The van der Waals surface area contributed by atoms with Crippen molar-refractivity contribution in [2.75, 3.05) is 4.72 Å². The van der Waals surface area contributed by atoms with Gasteiger partial charge in [0.05, 0.1) is 45.5 Å². The van der Waals surface area contributed by atoms with Gasteiger partial charge in [-0.1, -0.05) is 6.07 Å². The Labute approximate surface area is 240 Å². The number of hydrogen-bond donors (Lipinski definition) is 3. The predicted octanol–water partition coefficient (Wildman–Crippen LogP) is 4.82. The number of hydrogen-bond acceptors (Lipinski definition) is 7. The van der Waals surface area contributed by atoms with Crippen LogP contribution in [0.15, 0.2) is 95.3 Å². The van der Waals surface area contributed by atoms with Gasteiger partial charge in [0.1, 0.15) is 17.3 Å². The maximum atomic E-state index is 15.5. The van der Waals surface area contributed by atoms with E-state index in [2.05, 4.69) is 24.9 Å². The van der Waals surface area contributed by atoms with Crippen molar-refractivity contribution >= 4 is 32.5 Å². The summed E-state index contributed by atoms with van der Waals surface area (Å²) < 4.78 is 71.3. The van der Waals surface area contributed by atoms with E-state index in [9.17, 15) is 26.8 Å². The van der Waals surface area contributed by atoms with Crippen LogP contribution in [0.5, 0.6) is 0 Å². The summed E-state index contributed by atoms with van der Waals surface area (Å²) in [6, 6.07) is 10.3. The van der Waals surface area contributed by atoms with Crippen molar-refractivity contribution in [1.29, 1.82) is 0 Å². The number of sulfonamides is 1. The number of ketones is 1. The lowest BCUT2D eigenvalue weighted by Crippen LogP contribution is -2.16. The largest absolute Gasteiger partial charge is 0.345 e. The summed E-state index contributed by atoms with van der Waals surface area (Å²) in [7, 11) is -4.47. The molecule has 0 fully saturated rings. The number of aromatic amines is 2. The summed E-state index contributed by atoms with van der Waals surface area (Å²) >= 11 is 0. The Morgan fingerprint density at radius 2 is 1.65 bits per heavy atom. The molecule has 0 amide bonds. The smallest absolute Gasteiger partial charge is 0.262 e. The van der Waals surface area contributed by atoms with Gasteiger partial charge in [0, 0.05) is 35.1 Å². The van der Waals surface area contributed by atoms with Gasteiger partial charge in [-0.05, 0) is 48.5 Å². The van der Waals surface area contributed by atoms with E-state index in [0.717, 1.165) is 36.4 Å². The second kappa shape index (κ2) is 10.6. The number of anilines is 1. The zero-order valence-corrected chi connectivity index (χ0v) is 22.4. The Kier molecular flexibility index (Phi) is 6.82. The zero-order valence-electron chi connectivity index (χ0n) is 21.6. The number of nitrogens with one attached hydrogen (secondary N) is 3. The van der Waals surface area contributed by atoms with Crippen molar-refractivity contribution in [1.82, 2.24) is 24.9 Å². The van der Waals surface area contributed by atoms with Crippen molar-refractivity contribution < 1.29 is 26.4 Å². The molecule has 0 spiro atoms. The molecular formula is C29H17F3N6O4S. The Morgan fingerprint density at radius 3 is 2.40 bits per heavy atom. The number of carbonyl (C=O) groups excluding carboxylic acids is 1. The van der Waals surface area contributed by atoms with Gasteiger partial charge >= 0.3 is 0 Å². The molecule has 0 aliphatic rings. The van der Waals surface area contributed by atoms with E-state index in [-0.39, 0.29) is 22.2 Å². The van der Waals surface area contributed by atoms with E-state index >= 15 is 4.39 Å². The van der Waals surface area contributed by atoms with E-state index in [4.69, 9.17) is 0 Å². The number of pyridine rings is 2. The highest BCUT2D eigenvalue weighted by Gasteiger charge is 2.27. The van der Waals surface area contributed by atoms with Crippen molar-refractivity contribution in [2.45, 2.75) is 4.90 Å². The molecule has 0 bridgehead atoms. The molecule has 4 aromatic heterocycles. The van der Waals surface area contributed by atoms with Gasteiger partial charge in [0.15, 0.2) is 5.82 Å². The first-order chi connectivity index (χ1) is 20.6. The van der Waals surface area contributed by atoms with E-state index in [1.807, 2.05) is 4.72 Å². The second-order valence-corrected chi connectivity index (χ2v) is 10.9. The summed E-state index contributed by atoms with van der Waals surface area (Å²) in [4.78, 5) is 43.2. The Balaban J connectivity index is 1.35. The Hall–Kier alpha value is -5.63. The highest BCUT2D eigenvalue weighted by molar-refractivity contribution is 7.92. The Bertz CT molecular complexity index is 2220. The average molecular weight is 603 g/mol. The highest BCUT2D eigenvalue weighted by atomic mass is 32.2. The van der Waals surface area contributed by atoms with Crippen LogP contribution in [0, 0.1) is 17.5 Å². The zero-order chi connectivity index (χ0) is 30.3. The summed E-state index contributed by atoms with van der Waals surface area (Å²) in [5.41, 5.74) is -0.564. The van der Waals surface area contributed by atoms with E-state index in [0.29, 0.717) is 22.5 Å². The molecule has 2 aromatic carbocycles. The van der Waals surface area contributed by atoms with Crippen LogP contribution in [0.2, 0.25) is 0 Å². The van der Waals surface area contributed by atoms with Gasteiger partial charge in [-0.25, -0.2) is 26.6 Å². The van der Waals surface area contributed by atoms with Crippen LogP contribution in [0.1, 0.15) is 15.9 Å². The number of carbonyl (C=O) groups is 1. The normalized spacial score (nSPS) is 11.5. The molecule has 14 heteroatoms. The lowest BCUT2D eigenvalue weighted by Gasteiger charge is -2.12. The first-order valence-electron chi connectivity index (χ1n) is 12.4. The summed E-state index contributed by atoms with van der Waals surface area (Å²) in [5, 5.41) is 0.206. The average Bonchev–Trinajstić information content (AvgIpc) is 3.42. The van der Waals surface area contributed by atoms with Crippen LogP contribution in [-0.2, 0) is 10.0 Å². The van der Waals surface area contributed by atoms with Crippen LogP contribution in [0.4, 0.5) is 18.9 Å². The highest BCUT2D eigenvalue weighted by Crippen LogP contribution is 2.30. The van der Waals surface area contributed by atoms with Crippen LogP contribution in [0.25, 0.3) is 33.5 Å². The molecule has 6 aromatic rings. The number of halogens is 3. The van der Waals surface area contributed by atoms with Gasteiger partial charge in [-0.15, -0.1) is 0 Å². The van der Waals surface area contributed by atoms with Gasteiger partial charge in [0.25, 0.3) is 15.6 Å². The standard InChI is InChI=1S/C29H17F3N6O4S/c30-16-3-1-4-17(10-16)43(41,42)38-22-7-6-21(31)25(26(22)32)27(39)20-12-37-28-19(20)9-15(11-36-28)23-13-35-24(14-34-23)18-5-2-8-33-29(18)40/h1-14,38H,(H,33,40)(H,36,37). The first kappa shape index (κ1) is 27.5. The monoisotopic (exact) mass is 602 g/mol. The molecule has 4 heterocycles. The fraction of sp³-hybridized carbons (Fsp3) is 0. The van der Waals surface area contributed by atoms with Crippen LogP contribution < -0.4 is 10.3 Å². The first-order valence-corrected chi connectivity index (χ1v) is 13.9. The maximum absolute atomic E-state index is 15.5. The van der Waals surface area contributed by atoms with Gasteiger partial charge in [-0.3, -0.25) is 24.3 Å².